The van der Waals surface area contributed by atoms with E-state index in [2.05, 4.69) is 15.6 Å². The van der Waals surface area contributed by atoms with Gasteiger partial charge in [-0.25, -0.2) is 4.98 Å². The Hall–Kier alpha value is -1.36. The topological polar surface area (TPSA) is 67.2 Å². The van der Waals surface area contributed by atoms with E-state index in [1.807, 2.05) is 20.9 Å². The fourth-order valence-electron chi connectivity index (χ4n) is 1.30. The normalized spacial score (nSPS) is 10.4. The van der Waals surface area contributed by atoms with Gasteiger partial charge < -0.3 is 15.1 Å². The maximum absolute atomic E-state index is 11.4. The number of rotatable bonds is 6. The number of aromatic nitrogens is 1. The number of hydrogen-bond donors (Lipinski definition) is 2. The van der Waals surface area contributed by atoms with E-state index >= 15 is 0 Å². The zero-order chi connectivity index (χ0) is 12.0. The number of carbonyl (C=O) groups excluding carboxylic acids is 1. The molecule has 2 N–H and O–H groups in total. The minimum absolute atomic E-state index is 0.0313. The SMILES string of the molecule is CNCCCC(=O)NCc1nc(C)c(C)o1. The summed E-state index contributed by atoms with van der Waals surface area (Å²) in [7, 11) is 1.87. The first-order valence-electron chi connectivity index (χ1n) is 5.47. The average Bonchev–Trinajstić information content (AvgIpc) is 2.56. The molecule has 1 aromatic rings. The number of aryl methyl sites for hydroxylation is 2. The molecular weight excluding hydrogens is 206 g/mol. The van der Waals surface area contributed by atoms with Gasteiger partial charge >= 0.3 is 0 Å². The van der Waals surface area contributed by atoms with Crippen LogP contribution in [0, 0.1) is 13.8 Å². The molecule has 0 aromatic carbocycles. The van der Waals surface area contributed by atoms with Crippen molar-refractivity contribution in [3.8, 4) is 0 Å². The van der Waals surface area contributed by atoms with Gasteiger partial charge in [0.15, 0.2) is 0 Å². The highest BCUT2D eigenvalue weighted by Crippen LogP contribution is 2.07. The molecule has 0 spiro atoms. The van der Waals surface area contributed by atoms with Crippen molar-refractivity contribution in [1.82, 2.24) is 15.6 Å². The second kappa shape index (κ2) is 6.27. The van der Waals surface area contributed by atoms with Crippen LogP contribution in [0.3, 0.4) is 0 Å². The van der Waals surface area contributed by atoms with Gasteiger partial charge in [-0.3, -0.25) is 4.79 Å². The van der Waals surface area contributed by atoms with E-state index in [1.54, 1.807) is 0 Å². The molecule has 0 aliphatic heterocycles. The Morgan fingerprint density at radius 1 is 1.44 bits per heavy atom. The molecule has 1 aromatic heterocycles. The number of nitrogens with one attached hydrogen (secondary N) is 2. The standard InChI is InChI=1S/C11H19N3O2/c1-8-9(2)16-11(14-8)7-13-10(15)5-4-6-12-3/h12H,4-7H2,1-3H3,(H,13,15). The van der Waals surface area contributed by atoms with Crippen molar-refractivity contribution in [3.05, 3.63) is 17.3 Å². The highest BCUT2D eigenvalue weighted by molar-refractivity contribution is 5.75. The van der Waals surface area contributed by atoms with Crippen LogP contribution in [0.15, 0.2) is 4.42 Å². The first-order chi connectivity index (χ1) is 7.63. The molecule has 5 heteroatoms. The van der Waals surface area contributed by atoms with E-state index in [0.717, 1.165) is 24.4 Å². The fourth-order valence-corrected chi connectivity index (χ4v) is 1.30. The van der Waals surface area contributed by atoms with E-state index in [4.69, 9.17) is 4.42 Å². The highest BCUT2D eigenvalue weighted by atomic mass is 16.4. The highest BCUT2D eigenvalue weighted by Gasteiger charge is 2.06. The van der Waals surface area contributed by atoms with Gasteiger partial charge in [0.25, 0.3) is 0 Å². The molecule has 1 rings (SSSR count). The van der Waals surface area contributed by atoms with Crippen LogP contribution in [0.2, 0.25) is 0 Å². The molecule has 1 heterocycles. The van der Waals surface area contributed by atoms with Crippen LogP contribution < -0.4 is 10.6 Å². The molecule has 90 valence electrons. The van der Waals surface area contributed by atoms with E-state index < -0.39 is 0 Å². The van der Waals surface area contributed by atoms with Gasteiger partial charge in [0, 0.05) is 6.42 Å². The summed E-state index contributed by atoms with van der Waals surface area (Å²) in [5, 5.41) is 5.77. The molecule has 0 bridgehead atoms. The Bertz CT molecular complexity index is 327. The van der Waals surface area contributed by atoms with Crippen LogP contribution in [-0.2, 0) is 11.3 Å². The summed E-state index contributed by atoms with van der Waals surface area (Å²) in [6.07, 6.45) is 1.37. The smallest absolute Gasteiger partial charge is 0.220 e. The van der Waals surface area contributed by atoms with Crippen LogP contribution in [0.4, 0.5) is 0 Å². The van der Waals surface area contributed by atoms with E-state index in [0.29, 0.717) is 18.9 Å². The lowest BCUT2D eigenvalue weighted by atomic mass is 10.3. The number of amides is 1. The lowest BCUT2D eigenvalue weighted by Crippen LogP contribution is -2.23. The van der Waals surface area contributed by atoms with Crippen LogP contribution in [-0.4, -0.2) is 24.5 Å². The molecule has 0 aliphatic rings. The average molecular weight is 225 g/mol. The van der Waals surface area contributed by atoms with Gasteiger partial charge in [-0.15, -0.1) is 0 Å². The van der Waals surface area contributed by atoms with Gasteiger partial charge in [0.2, 0.25) is 11.8 Å². The van der Waals surface area contributed by atoms with Crippen molar-refractivity contribution in [2.75, 3.05) is 13.6 Å². The lowest BCUT2D eigenvalue weighted by molar-refractivity contribution is -0.121. The zero-order valence-corrected chi connectivity index (χ0v) is 10.1. The quantitative estimate of drug-likeness (QED) is 0.706. The van der Waals surface area contributed by atoms with Gasteiger partial charge in [0.05, 0.1) is 12.2 Å². The summed E-state index contributed by atoms with van der Waals surface area (Å²) in [5.41, 5.74) is 0.874. The van der Waals surface area contributed by atoms with Crippen molar-refractivity contribution in [1.29, 1.82) is 0 Å². The molecule has 0 saturated carbocycles. The summed E-state index contributed by atoms with van der Waals surface area (Å²) in [6.45, 7) is 4.97. The summed E-state index contributed by atoms with van der Waals surface area (Å²) >= 11 is 0. The summed E-state index contributed by atoms with van der Waals surface area (Å²) in [5.74, 6) is 1.40. The van der Waals surface area contributed by atoms with Crippen molar-refractivity contribution in [3.63, 3.8) is 0 Å². The maximum Gasteiger partial charge on any atom is 0.220 e. The van der Waals surface area contributed by atoms with Crippen molar-refractivity contribution in [2.24, 2.45) is 0 Å². The number of nitrogens with zero attached hydrogens (tertiary/aromatic N) is 1. The summed E-state index contributed by atoms with van der Waals surface area (Å²) in [4.78, 5) is 15.6. The molecule has 0 saturated heterocycles. The Labute approximate surface area is 95.6 Å². The van der Waals surface area contributed by atoms with E-state index in [9.17, 15) is 4.79 Å². The molecule has 16 heavy (non-hydrogen) atoms. The van der Waals surface area contributed by atoms with Gasteiger partial charge in [-0.1, -0.05) is 0 Å². The van der Waals surface area contributed by atoms with Crippen LogP contribution in [0.25, 0.3) is 0 Å². The van der Waals surface area contributed by atoms with E-state index in [-0.39, 0.29) is 5.91 Å². The van der Waals surface area contributed by atoms with Gasteiger partial charge in [-0.2, -0.15) is 0 Å². The van der Waals surface area contributed by atoms with Gasteiger partial charge in [0.1, 0.15) is 5.76 Å². The molecule has 0 atom stereocenters. The predicted octanol–water partition coefficient (Wildman–Crippen LogP) is 0.907. The molecule has 0 aliphatic carbocycles. The minimum atomic E-state index is 0.0313. The molecule has 1 amide bonds. The van der Waals surface area contributed by atoms with Crippen molar-refractivity contribution < 1.29 is 9.21 Å². The number of oxazole rings is 1. The first kappa shape index (κ1) is 12.7. The summed E-state index contributed by atoms with van der Waals surface area (Å²) in [6, 6.07) is 0. The molecule has 0 fully saturated rings. The van der Waals surface area contributed by atoms with Crippen LogP contribution >= 0.6 is 0 Å². The molecule has 0 radical (unpaired) electrons. The predicted molar refractivity (Wildman–Crippen MR) is 61.0 cm³/mol. The fraction of sp³-hybridized carbons (Fsp3) is 0.636. The second-order valence-electron chi connectivity index (χ2n) is 3.73. The summed E-state index contributed by atoms with van der Waals surface area (Å²) < 4.78 is 5.35. The molecule has 0 unspecified atom stereocenters. The third-order valence-electron chi connectivity index (χ3n) is 2.34. The third kappa shape index (κ3) is 4.02. The number of hydrogen-bond acceptors (Lipinski definition) is 4. The van der Waals surface area contributed by atoms with E-state index in [1.165, 1.54) is 0 Å². The third-order valence-corrected chi connectivity index (χ3v) is 2.34. The zero-order valence-electron chi connectivity index (χ0n) is 10.1. The van der Waals surface area contributed by atoms with Crippen molar-refractivity contribution >= 4 is 5.91 Å². The maximum atomic E-state index is 11.4. The monoisotopic (exact) mass is 225 g/mol. The minimum Gasteiger partial charge on any atom is -0.444 e. The second-order valence-corrected chi connectivity index (χ2v) is 3.73. The Kier molecular flexibility index (Phi) is 4.98. The van der Waals surface area contributed by atoms with Crippen LogP contribution in [0.5, 0.6) is 0 Å². The largest absolute Gasteiger partial charge is 0.444 e. The first-order valence-corrected chi connectivity index (χ1v) is 5.47. The van der Waals surface area contributed by atoms with Crippen LogP contribution in [0.1, 0.15) is 30.2 Å². The number of carbonyl (C=O) groups is 1. The Morgan fingerprint density at radius 3 is 2.75 bits per heavy atom. The molecule has 5 nitrogen and oxygen atoms in total. The molecular formula is C11H19N3O2. The Morgan fingerprint density at radius 2 is 2.19 bits per heavy atom. The Balaban J connectivity index is 2.26. The van der Waals surface area contributed by atoms with Gasteiger partial charge in [-0.05, 0) is 33.9 Å². The lowest BCUT2D eigenvalue weighted by Gasteiger charge is -2.02. The van der Waals surface area contributed by atoms with Crippen molar-refractivity contribution in [2.45, 2.75) is 33.2 Å².